The molecule has 0 fully saturated rings. The molecule has 4 aromatic rings. The van der Waals surface area contributed by atoms with Gasteiger partial charge in [-0.3, -0.25) is 0 Å². The molecule has 0 radical (unpaired) electrons. The number of nitrogens with one attached hydrogen (secondary N) is 1. The lowest BCUT2D eigenvalue weighted by molar-refractivity contribution is 0.395. The smallest absolute Gasteiger partial charge is 0.184 e. The minimum atomic E-state index is -3.69. The first-order valence-electron chi connectivity index (χ1n) is 10.0. The number of hydrogen-bond donors (Lipinski definition) is 1. The van der Waals surface area contributed by atoms with Gasteiger partial charge in [-0.15, -0.1) is 0 Å². The van der Waals surface area contributed by atoms with Gasteiger partial charge in [0.05, 0.1) is 43.0 Å². The van der Waals surface area contributed by atoms with Gasteiger partial charge >= 0.3 is 0 Å². The summed E-state index contributed by atoms with van der Waals surface area (Å²) in [6, 6.07) is 18.8. The van der Waals surface area contributed by atoms with E-state index in [4.69, 9.17) is 14.2 Å². The molecule has 0 aliphatic heterocycles. The number of para-hydroxylation sites is 2. The van der Waals surface area contributed by atoms with Gasteiger partial charge in [0, 0.05) is 23.9 Å². The Kier molecular flexibility index (Phi) is 6.32. The lowest BCUT2D eigenvalue weighted by Gasteiger charge is -2.14. The summed E-state index contributed by atoms with van der Waals surface area (Å²) in [5, 5.41) is 3.19. The first-order valence-corrected chi connectivity index (χ1v) is 11.7. The number of rotatable bonds is 8. The first kappa shape index (κ1) is 22.3. The van der Waals surface area contributed by atoms with Crippen LogP contribution in [0.25, 0.3) is 11.0 Å². The monoisotopic (exact) mass is 465 g/mol. The van der Waals surface area contributed by atoms with Crippen molar-refractivity contribution in [2.45, 2.75) is 10.6 Å². The third-order valence-electron chi connectivity index (χ3n) is 5.00. The van der Waals surface area contributed by atoms with Gasteiger partial charge in [0.25, 0.3) is 0 Å². The fourth-order valence-corrected chi connectivity index (χ4v) is 4.58. The average molecular weight is 466 g/mol. The summed E-state index contributed by atoms with van der Waals surface area (Å²) in [5.41, 5.74) is 2.16. The molecule has 0 spiro atoms. The van der Waals surface area contributed by atoms with Gasteiger partial charge in [0.1, 0.15) is 23.0 Å². The lowest BCUT2D eigenvalue weighted by atomic mass is 10.2. The summed E-state index contributed by atoms with van der Waals surface area (Å²) in [5.74, 6) is 1.74. The van der Waals surface area contributed by atoms with Crippen molar-refractivity contribution < 1.29 is 22.6 Å². The summed E-state index contributed by atoms with van der Waals surface area (Å²) in [4.78, 5) is 9.43. The van der Waals surface area contributed by atoms with Gasteiger partial charge < -0.3 is 19.5 Å². The van der Waals surface area contributed by atoms with E-state index in [-0.39, 0.29) is 10.6 Å². The average Bonchev–Trinajstić information content (AvgIpc) is 2.84. The Labute approximate surface area is 192 Å². The second kappa shape index (κ2) is 9.33. The summed E-state index contributed by atoms with van der Waals surface area (Å²) in [6.07, 6.45) is 0. The highest BCUT2D eigenvalue weighted by Gasteiger charge is 2.21. The van der Waals surface area contributed by atoms with Gasteiger partial charge in [-0.25, -0.2) is 18.4 Å². The zero-order valence-corrected chi connectivity index (χ0v) is 19.2. The molecule has 0 saturated heterocycles. The Balaban J connectivity index is 1.76. The highest BCUT2D eigenvalue weighted by Crippen LogP contribution is 2.30. The van der Waals surface area contributed by atoms with Crippen molar-refractivity contribution >= 4 is 32.4 Å². The van der Waals surface area contributed by atoms with Crippen LogP contribution in [0.15, 0.2) is 71.6 Å². The Morgan fingerprint density at radius 2 is 1.33 bits per heavy atom. The summed E-state index contributed by atoms with van der Waals surface area (Å²) >= 11 is 0. The fraction of sp³-hybridized carbons (Fsp3) is 0.167. The van der Waals surface area contributed by atoms with Crippen molar-refractivity contribution in [1.82, 2.24) is 9.97 Å². The number of anilines is 2. The predicted octanol–water partition coefficient (Wildman–Crippen LogP) is 4.37. The van der Waals surface area contributed by atoms with Crippen molar-refractivity contribution in [3.63, 3.8) is 0 Å². The zero-order valence-electron chi connectivity index (χ0n) is 18.4. The number of hydrogen-bond acceptors (Lipinski definition) is 8. The molecule has 0 bridgehead atoms. The van der Waals surface area contributed by atoms with E-state index in [0.717, 1.165) is 0 Å². The van der Waals surface area contributed by atoms with E-state index in [9.17, 15) is 8.42 Å². The number of nitrogens with zero attached hydrogens (tertiary/aromatic N) is 2. The third kappa shape index (κ3) is 4.98. The van der Waals surface area contributed by atoms with Gasteiger partial charge in [-0.2, -0.15) is 0 Å². The standard InChI is InChI=1S/C24H23N3O5S/c1-30-17-8-10-20(11-9-17)33(28,29)15-23-24(27-22-7-5-4-6-21(22)26-23)25-16-12-18(31-2)14-19(13-16)32-3/h4-14H,15H2,1-3H3,(H,25,27). The van der Waals surface area contributed by atoms with Crippen LogP contribution in [0.4, 0.5) is 11.5 Å². The molecule has 1 N–H and O–H groups in total. The van der Waals surface area contributed by atoms with E-state index in [1.165, 1.54) is 19.2 Å². The van der Waals surface area contributed by atoms with Crippen LogP contribution in [0.3, 0.4) is 0 Å². The van der Waals surface area contributed by atoms with Crippen LogP contribution >= 0.6 is 0 Å². The molecular formula is C24H23N3O5S. The van der Waals surface area contributed by atoms with Crippen molar-refractivity contribution in [2.24, 2.45) is 0 Å². The van der Waals surface area contributed by atoms with Crippen molar-refractivity contribution in [1.29, 1.82) is 0 Å². The maximum atomic E-state index is 13.2. The van der Waals surface area contributed by atoms with E-state index in [1.807, 2.05) is 18.2 Å². The molecule has 9 heteroatoms. The van der Waals surface area contributed by atoms with Gasteiger partial charge in [-0.05, 0) is 36.4 Å². The maximum absolute atomic E-state index is 13.2. The topological polar surface area (TPSA) is 99.6 Å². The number of fused-ring (bicyclic) bond motifs is 1. The lowest BCUT2D eigenvalue weighted by Crippen LogP contribution is -2.10. The SMILES string of the molecule is COc1ccc(S(=O)(=O)Cc2nc3ccccc3nc2Nc2cc(OC)cc(OC)c2)cc1. The number of sulfone groups is 1. The third-order valence-corrected chi connectivity index (χ3v) is 6.65. The predicted molar refractivity (Wildman–Crippen MR) is 126 cm³/mol. The van der Waals surface area contributed by atoms with E-state index in [0.29, 0.717) is 45.5 Å². The largest absolute Gasteiger partial charge is 0.497 e. The van der Waals surface area contributed by atoms with Crippen molar-refractivity contribution in [2.75, 3.05) is 26.6 Å². The molecule has 33 heavy (non-hydrogen) atoms. The molecular weight excluding hydrogens is 442 g/mol. The second-order valence-electron chi connectivity index (χ2n) is 7.17. The Morgan fingerprint density at radius 3 is 1.91 bits per heavy atom. The maximum Gasteiger partial charge on any atom is 0.184 e. The molecule has 4 rings (SSSR count). The van der Waals surface area contributed by atoms with E-state index in [1.54, 1.807) is 50.6 Å². The molecule has 0 aliphatic carbocycles. The first-order chi connectivity index (χ1) is 15.9. The van der Waals surface area contributed by atoms with Crippen molar-refractivity contribution in [3.05, 3.63) is 72.4 Å². The number of methoxy groups -OCH3 is 3. The van der Waals surface area contributed by atoms with Crippen LogP contribution in [0.2, 0.25) is 0 Å². The number of benzene rings is 3. The number of ether oxygens (including phenoxy) is 3. The molecule has 8 nitrogen and oxygen atoms in total. The van der Waals surface area contributed by atoms with E-state index < -0.39 is 9.84 Å². The Morgan fingerprint density at radius 1 is 0.758 bits per heavy atom. The molecule has 0 unspecified atom stereocenters. The zero-order chi connectivity index (χ0) is 23.4. The molecule has 0 aliphatic rings. The summed E-state index contributed by atoms with van der Waals surface area (Å²) in [6.45, 7) is 0. The fourth-order valence-electron chi connectivity index (χ4n) is 3.30. The Bertz CT molecular complexity index is 1370. The van der Waals surface area contributed by atoms with E-state index >= 15 is 0 Å². The van der Waals surface area contributed by atoms with Crippen LogP contribution in [0.1, 0.15) is 5.69 Å². The molecule has 3 aromatic carbocycles. The van der Waals surface area contributed by atoms with Gasteiger partial charge in [0.15, 0.2) is 15.7 Å². The van der Waals surface area contributed by atoms with Gasteiger partial charge in [-0.1, -0.05) is 12.1 Å². The van der Waals surface area contributed by atoms with E-state index in [2.05, 4.69) is 15.3 Å². The van der Waals surface area contributed by atoms with Crippen LogP contribution in [0, 0.1) is 0 Å². The highest BCUT2D eigenvalue weighted by molar-refractivity contribution is 7.90. The molecule has 0 amide bonds. The van der Waals surface area contributed by atoms with Crippen LogP contribution in [-0.2, 0) is 15.6 Å². The minimum absolute atomic E-state index is 0.173. The number of aromatic nitrogens is 2. The summed E-state index contributed by atoms with van der Waals surface area (Å²) in [7, 11) is 0.946. The van der Waals surface area contributed by atoms with Gasteiger partial charge in [0.2, 0.25) is 0 Å². The molecule has 1 heterocycles. The molecule has 170 valence electrons. The van der Waals surface area contributed by atoms with Crippen LogP contribution in [-0.4, -0.2) is 39.7 Å². The highest BCUT2D eigenvalue weighted by atomic mass is 32.2. The minimum Gasteiger partial charge on any atom is -0.497 e. The molecule has 0 atom stereocenters. The normalized spacial score (nSPS) is 11.2. The molecule has 0 saturated carbocycles. The molecule has 1 aromatic heterocycles. The van der Waals surface area contributed by atoms with Crippen LogP contribution in [0.5, 0.6) is 17.2 Å². The van der Waals surface area contributed by atoms with Crippen LogP contribution < -0.4 is 19.5 Å². The second-order valence-corrected chi connectivity index (χ2v) is 9.16. The quantitative estimate of drug-likeness (QED) is 0.409. The van der Waals surface area contributed by atoms with Crippen molar-refractivity contribution in [3.8, 4) is 17.2 Å². The Hall–Kier alpha value is -3.85. The summed E-state index contributed by atoms with van der Waals surface area (Å²) < 4.78 is 42.1.